The van der Waals surface area contributed by atoms with E-state index in [0.717, 1.165) is 36.8 Å². The Morgan fingerprint density at radius 3 is 2.86 bits per heavy atom. The van der Waals surface area contributed by atoms with Crippen molar-refractivity contribution >= 4 is 34.0 Å². The van der Waals surface area contributed by atoms with Gasteiger partial charge in [0.05, 0.1) is 5.56 Å². The number of hydrogen-bond acceptors (Lipinski definition) is 7. The SMILES string of the molecule is Cc1ccc(-c2nnc(SCCC(=O)Nc3sc4c(c3C#N)CCCC4)o2)cc1. The molecule has 8 heteroatoms. The van der Waals surface area contributed by atoms with Crippen molar-refractivity contribution in [3.8, 4) is 17.5 Å². The van der Waals surface area contributed by atoms with Crippen molar-refractivity contribution in [2.75, 3.05) is 11.1 Å². The summed E-state index contributed by atoms with van der Waals surface area (Å²) in [5.41, 5.74) is 3.81. The molecule has 0 fully saturated rings. The van der Waals surface area contributed by atoms with Gasteiger partial charge in [-0.25, -0.2) is 0 Å². The fourth-order valence-electron chi connectivity index (χ4n) is 3.27. The van der Waals surface area contributed by atoms with E-state index in [1.54, 1.807) is 11.3 Å². The average Bonchev–Trinajstić information content (AvgIpc) is 3.32. The molecule has 1 aromatic carbocycles. The third-order valence-electron chi connectivity index (χ3n) is 4.80. The molecule has 1 N–H and O–H groups in total. The topological polar surface area (TPSA) is 91.8 Å². The molecule has 1 aliphatic carbocycles. The van der Waals surface area contributed by atoms with Crippen LogP contribution in [0, 0.1) is 18.3 Å². The number of aryl methyl sites for hydroxylation is 2. The van der Waals surface area contributed by atoms with E-state index in [1.807, 2.05) is 31.2 Å². The Morgan fingerprint density at radius 1 is 1.28 bits per heavy atom. The van der Waals surface area contributed by atoms with Gasteiger partial charge in [0.25, 0.3) is 5.22 Å². The van der Waals surface area contributed by atoms with Gasteiger partial charge < -0.3 is 9.73 Å². The highest BCUT2D eigenvalue weighted by molar-refractivity contribution is 7.99. The number of fused-ring (bicyclic) bond motifs is 1. The Hall–Kier alpha value is -2.63. The van der Waals surface area contributed by atoms with Gasteiger partial charge in [-0.2, -0.15) is 5.26 Å². The van der Waals surface area contributed by atoms with E-state index in [0.29, 0.717) is 33.9 Å². The van der Waals surface area contributed by atoms with Crippen molar-refractivity contribution in [2.45, 2.75) is 44.3 Å². The highest BCUT2D eigenvalue weighted by atomic mass is 32.2. The fourth-order valence-corrected chi connectivity index (χ4v) is 5.23. The number of anilines is 1. The largest absolute Gasteiger partial charge is 0.411 e. The number of thioether (sulfide) groups is 1. The van der Waals surface area contributed by atoms with Crippen LogP contribution in [-0.2, 0) is 17.6 Å². The molecule has 0 bridgehead atoms. The molecule has 1 amide bonds. The first-order valence-electron chi connectivity index (χ1n) is 9.52. The van der Waals surface area contributed by atoms with Crippen LogP contribution in [0.15, 0.2) is 33.9 Å². The van der Waals surface area contributed by atoms with E-state index in [4.69, 9.17) is 4.42 Å². The summed E-state index contributed by atoms with van der Waals surface area (Å²) >= 11 is 2.90. The first kappa shape index (κ1) is 19.7. The van der Waals surface area contributed by atoms with Crippen LogP contribution in [0.5, 0.6) is 0 Å². The molecule has 6 nitrogen and oxygen atoms in total. The summed E-state index contributed by atoms with van der Waals surface area (Å²) in [5.74, 6) is 0.889. The molecular formula is C21H20N4O2S2. The lowest BCUT2D eigenvalue weighted by Gasteiger charge is -2.09. The number of carbonyl (C=O) groups is 1. The van der Waals surface area contributed by atoms with E-state index in [2.05, 4.69) is 21.6 Å². The zero-order chi connectivity index (χ0) is 20.2. The standard InChI is InChI=1S/C21H20N4O2S2/c1-13-6-8-14(9-7-13)19-24-25-21(27-19)28-11-10-18(26)23-20-16(12-22)15-4-2-3-5-17(15)29-20/h6-9H,2-5,10-11H2,1H3,(H,23,26). The highest BCUT2D eigenvalue weighted by Crippen LogP contribution is 2.37. The van der Waals surface area contributed by atoms with Gasteiger partial charge in [-0.3, -0.25) is 4.79 Å². The van der Waals surface area contributed by atoms with Crippen molar-refractivity contribution in [3.05, 3.63) is 45.8 Å². The number of hydrogen-bond donors (Lipinski definition) is 1. The van der Waals surface area contributed by atoms with Crippen LogP contribution in [0.25, 0.3) is 11.5 Å². The summed E-state index contributed by atoms with van der Waals surface area (Å²) in [7, 11) is 0. The van der Waals surface area contributed by atoms with Crippen LogP contribution >= 0.6 is 23.1 Å². The van der Waals surface area contributed by atoms with Crippen LogP contribution in [0.2, 0.25) is 0 Å². The maximum atomic E-state index is 12.3. The van der Waals surface area contributed by atoms with Crippen LogP contribution in [-0.4, -0.2) is 21.9 Å². The lowest BCUT2D eigenvalue weighted by Crippen LogP contribution is -2.12. The third-order valence-corrected chi connectivity index (χ3v) is 6.82. The Bertz CT molecular complexity index is 1060. The summed E-state index contributed by atoms with van der Waals surface area (Å²) in [6.07, 6.45) is 4.50. The van der Waals surface area contributed by atoms with Crippen LogP contribution in [0.3, 0.4) is 0 Å². The molecular weight excluding hydrogens is 404 g/mol. The Labute approximate surface area is 177 Å². The normalized spacial score (nSPS) is 13.0. The van der Waals surface area contributed by atoms with Gasteiger partial charge in [-0.15, -0.1) is 21.5 Å². The van der Waals surface area contributed by atoms with Gasteiger partial charge in [-0.1, -0.05) is 29.5 Å². The van der Waals surface area contributed by atoms with Crippen molar-refractivity contribution in [3.63, 3.8) is 0 Å². The summed E-state index contributed by atoms with van der Waals surface area (Å²) in [4.78, 5) is 13.6. The molecule has 4 rings (SSSR count). The predicted octanol–water partition coefficient (Wildman–Crippen LogP) is 4.98. The molecule has 2 heterocycles. The minimum absolute atomic E-state index is 0.106. The first-order chi connectivity index (χ1) is 14.1. The molecule has 0 saturated heterocycles. The zero-order valence-electron chi connectivity index (χ0n) is 16.0. The number of benzene rings is 1. The molecule has 0 atom stereocenters. The van der Waals surface area contributed by atoms with E-state index in [1.165, 1.54) is 22.2 Å². The second-order valence-corrected chi connectivity index (χ2v) is 9.06. The maximum Gasteiger partial charge on any atom is 0.276 e. The van der Waals surface area contributed by atoms with E-state index < -0.39 is 0 Å². The van der Waals surface area contributed by atoms with Crippen molar-refractivity contribution < 1.29 is 9.21 Å². The number of nitrogens with one attached hydrogen (secondary N) is 1. The summed E-state index contributed by atoms with van der Waals surface area (Å²) in [6, 6.07) is 10.1. The lowest BCUT2D eigenvalue weighted by atomic mass is 9.96. The minimum Gasteiger partial charge on any atom is -0.411 e. The van der Waals surface area contributed by atoms with E-state index in [-0.39, 0.29) is 5.91 Å². The fraction of sp³-hybridized carbons (Fsp3) is 0.333. The van der Waals surface area contributed by atoms with E-state index in [9.17, 15) is 10.1 Å². The highest BCUT2D eigenvalue weighted by Gasteiger charge is 2.21. The molecule has 0 saturated carbocycles. The summed E-state index contributed by atoms with van der Waals surface area (Å²) in [6.45, 7) is 2.02. The van der Waals surface area contributed by atoms with Crippen LogP contribution in [0.4, 0.5) is 5.00 Å². The number of thiophene rings is 1. The minimum atomic E-state index is -0.106. The van der Waals surface area contributed by atoms with E-state index >= 15 is 0 Å². The third kappa shape index (κ3) is 4.52. The summed E-state index contributed by atoms with van der Waals surface area (Å²) in [5, 5.41) is 21.6. The number of nitrogens with zero attached hydrogens (tertiary/aromatic N) is 3. The monoisotopic (exact) mass is 424 g/mol. The second-order valence-electron chi connectivity index (χ2n) is 6.91. The number of nitriles is 1. The second kappa shape index (κ2) is 8.80. The van der Waals surface area contributed by atoms with Crippen LogP contribution < -0.4 is 5.32 Å². The van der Waals surface area contributed by atoms with Crippen molar-refractivity contribution in [1.29, 1.82) is 5.26 Å². The van der Waals surface area contributed by atoms with Gasteiger partial charge in [0.1, 0.15) is 11.1 Å². The molecule has 1 aliphatic rings. The first-order valence-corrected chi connectivity index (χ1v) is 11.3. The molecule has 148 valence electrons. The Balaban J connectivity index is 1.31. The smallest absolute Gasteiger partial charge is 0.276 e. The molecule has 0 aliphatic heterocycles. The summed E-state index contributed by atoms with van der Waals surface area (Å²) < 4.78 is 5.67. The molecule has 2 aromatic heterocycles. The van der Waals surface area contributed by atoms with Gasteiger partial charge in [0.2, 0.25) is 11.8 Å². The van der Waals surface area contributed by atoms with Gasteiger partial charge in [0.15, 0.2) is 0 Å². The Morgan fingerprint density at radius 2 is 2.07 bits per heavy atom. The molecule has 3 aromatic rings. The molecule has 29 heavy (non-hydrogen) atoms. The van der Waals surface area contributed by atoms with Crippen molar-refractivity contribution in [2.24, 2.45) is 0 Å². The van der Waals surface area contributed by atoms with Gasteiger partial charge in [-0.05, 0) is 50.3 Å². The Kier molecular flexibility index (Phi) is 5.97. The molecule has 0 spiro atoms. The number of aromatic nitrogens is 2. The number of amides is 1. The lowest BCUT2D eigenvalue weighted by molar-refractivity contribution is -0.115. The maximum absolute atomic E-state index is 12.3. The van der Waals surface area contributed by atoms with Gasteiger partial charge >= 0.3 is 0 Å². The molecule has 0 unspecified atom stereocenters. The average molecular weight is 425 g/mol. The van der Waals surface area contributed by atoms with Crippen LogP contribution in [0.1, 0.15) is 40.8 Å². The van der Waals surface area contributed by atoms with Gasteiger partial charge in [0, 0.05) is 22.6 Å². The number of carbonyl (C=O) groups excluding carboxylic acids is 1. The zero-order valence-corrected chi connectivity index (χ0v) is 17.7. The van der Waals surface area contributed by atoms with Crippen molar-refractivity contribution in [1.82, 2.24) is 10.2 Å². The number of rotatable bonds is 6. The quantitative estimate of drug-likeness (QED) is 0.561. The molecule has 0 radical (unpaired) electrons. The predicted molar refractivity (Wildman–Crippen MR) is 114 cm³/mol.